The molecule has 58 valence electrons. The molecule has 0 saturated heterocycles. The number of hydroxylamine groups is 1. The molecule has 0 spiro atoms. The Labute approximate surface area is 64.3 Å². The lowest BCUT2D eigenvalue weighted by Crippen LogP contribution is -2.31. The molecule has 1 unspecified atom stereocenters. The van der Waals surface area contributed by atoms with Crippen LogP contribution in [0.3, 0.4) is 0 Å². The Morgan fingerprint density at radius 1 is 1.60 bits per heavy atom. The maximum absolute atomic E-state index is 10.6. The summed E-state index contributed by atoms with van der Waals surface area (Å²) < 4.78 is 0. The first-order valence-electron chi connectivity index (χ1n) is 2.69. The number of amides is 1. The summed E-state index contributed by atoms with van der Waals surface area (Å²) in [5, 5.41) is -0.473. The molecule has 0 saturated carbocycles. The highest BCUT2D eigenvalue weighted by Gasteiger charge is 2.07. The van der Waals surface area contributed by atoms with E-state index in [1.54, 1.807) is 6.92 Å². The lowest BCUT2D eigenvalue weighted by Gasteiger charge is -2.03. The van der Waals surface area contributed by atoms with Gasteiger partial charge in [0, 0.05) is 6.92 Å². The molecule has 0 rings (SSSR count). The minimum absolute atomic E-state index is 0.432. The maximum Gasteiger partial charge on any atom is 0.329 e. The van der Waals surface area contributed by atoms with Crippen LogP contribution in [0.25, 0.3) is 0 Å². The van der Waals surface area contributed by atoms with Gasteiger partial charge in [0.2, 0.25) is 0 Å². The molecule has 0 heterocycles. The van der Waals surface area contributed by atoms with Crippen LogP contribution in [0.5, 0.6) is 0 Å². The molecule has 4 nitrogen and oxygen atoms in total. The molecule has 1 atom stereocenters. The van der Waals surface area contributed by atoms with Crippen LogP contribution in [0, 0.1) is 0 Å². The van der Waals surface area contributed by atoms with E-state index in [4.69, 9.17) is 0 Å². The summed E-state index contributed by atoms with van der Waals surface area (Å²) in [6, 6.07) is 0. The van der Waals surface area contributed by atoms with Crippen molar-refractivity contribution >= 4 is 24.5 Å². The van der Waals surface area contributed by atoms with Crippen LogP contribution in [0.4, 0.5) is 0 Å². The number of thiol groups is 1. The summed E-state index contributed by atoms with van der Waals surface area (Å²) in [6.45, 7) is 2.77. The Morgan fingerprint density at radius 2 is 2.10 bits per heavy atom. The van der Waals surface area contributed by atoms with Crippen molar-refractivity contribution in [1.82, 2.24) is 5.48 Å². The third kappa shape index (κ3) is 4.20. The van der Waals surface area contributed by atoms with Crippen molar-refractivity contribution in [3.63, 3.8) is 0 Å². The molecule has 0 aliphatic carbocycles. The topological polar surface area (TPSA) is 55.4 Å². The predicted octanol–water partition coefficient (Wildman–Crippen LogP) is -0.101. The van der Waals surface area contributed by atoms with Crippen molar-refractivity contribution in [2.45, 2.75) is 19.1 Å². The number of nitrogens with one attached hydrogen (secondary N) is 1. The van der Waals surface area contributed by atoms with Crippen LogP contribution in [0.15, 0.2) is 0 Å². The van der Waals surface area contributed by atoms with Crippen molar-refractivity contribution in [3.8, 4) is 0 Å². The molecule has 5 heteroatoms. The predicted molar refractivity (Wildman–Crippen MR) is 38.4 cm³/mol. The fraction of sp³-hybridized carbons (Fsp3) is 0.600. The average Bonchev–Trinajstić information content (AvgIpc) is 1.82. The summed E-state index contributed by atoms with van der Waals surface area (Å²) in [5.74, 6) is -0.985. The smallest absolute Gasteiger partial charge is 0.329 e. The van der Waals surface area contributed by atoms with Crippen molar-refractivity contribution in [3.05, 3.63) is 0 Å². The highest BCUT2D eigenvalue weighted by atomic mass is 32.1. The lowest BCUT2D eigenvalue weighted by atomic mass is 10.5. The molecule has 1 N–H and O–H groups in total. The van der Waals surface area contributed by atoms with E-state index in [0.29, 0.717) is 0 Å². The first kappa shape index (κ1) is 9.29. The second-order valence-corrected chi connectivity index (χ2v) is 2.51. The van der Waals surface area contributed by atoms with E-state index < -0.39 is 17.1 Å². The van der Waals surface area contributed by atoms with Crippen LogP contribution in [0.2, 0.25) is 0 Å². The summed E-state index contributed by atoms with van der Waals surface area (Å²) in [4.78, 5) is 24.9. The fourth-order valence-electron chi connectivity index (χ4n) is 0.207. The molecule has 0 aromatic carbocycles. The van der Waals surface area contributed by atoms with Gasteiger partial charge in [0.15, 0.2) is 0 Å². The van der Waals surface area contributed by atoms with Crippen molar-refractivity contribution in [2.24, 2.45) is 0 Å². The summed E-state index contributed by atoms with van der Waals surface area (Å²) in [6.07, 6.45) is 0. The second kappa shape index (κ2) is 4.16. The highest BCUT2D eigenvalue weighted by Crippen LogP contribution is 1.90. The fourth-order valence-corrected chi connectivity index (χ4v) is 0.260. The second-order valence-electron chi connectivity index (χ2n) is 1.74. The number of carbonyl (C=O) groups is 2. The van der Waals surface area contributed by atoms with E-state index in [-0.39, 0.29) is 0 Å². The first-order chi connectivity index (χ1) is 4.54. The molecular formula is C5H9NO3S. The molecular weight excluding hydrogens is 154 g/mol. The van der Waals surface area contributed by atoms with E-state index in [1.165, 1.54) is 6.92 Å². The van der Waals surface area contributed by atoms with Gasteiger partial charge in [-0.25, -0.2) is 0 Å². The summed E-state index contributed by atoms with van der Waals surface area (Å²) in [5.41, 5.74) is 1.92. The zero-order chi connectivity index (χ0) is 8.15. The average molecular weight is 163 g/mol. The lowest BCUT2D eigenvalue weighted by molar-refractivity contribution is -0.155. The number of hydrogen-bond donors (Lipinski definition) is 2. The van der Waals surface area contributed by atoms with Gasteiger partial charge in [-0.3, -0.25) is 9.59 Å². The Hall–Kier alpha value is -0.710. The zero-order valence-electron chi connectivity index (χ0n) is 5.75. The molecule has 0 fully saturated rings. The Kier molecular flexibility index (Phi) is 3.87. The monoisotopic (exact) mass is 163 g/mol. The van der Waals surface area contributed by atoms with Crippen LogP contribution in [-0.4, -0.2) is 17.1 Å². The van der Waals surface area contributed by atoms with Crippen molar-refractivity contribution < 1.29 is 14.4 Å². The number of rotatable bonds is 1. The third-order valence-corrected chi connectivity index (χ3v) is 0.909. The van der Waals surface area contributed by atoms with E-state index in [1.807, 2.05) is 5.48 Å². The molecule has 0 aromatic heterocycles. The standard InChI is InChI=1S/C5H9NO3S/c1-3(10)5(8)6-9-4(2)7/h3,10H,1-2H3,(H,6,8). The van der Waals surface area contributed by atoms with Gasteiger partial charge < -0.3 is 4.84 Å². The SMILES string of the molecule is CC(=O)ONC(=O)C(C)S. The Bertz CT molecular complexity index is 146. The Balaban J connectivity index is 3.50. The minimum atomic E-state index is -0.553. The third-order valence-electron chi connectivity index (χ3n) is 0.675. The molecule has 0 bridgehead atoms. The zero-order valence-corrected chi connectivity index (χ0v) is 6.64. The molecule has 0 aliphatic rings. The van der Waals surface area contributed by atoms with Crippen LogP contribution >= 0.6 is 12.6 Å². The van der Waals surface area contributed by atoms with Gasteiger partial charge in [-0.05, 0) is 6.92 Å². The summed E-state index contributed by atoms with van der Waals surface area (Å²) in [7, 11) is 0. The number of carbonyl (C=O) groups excluding carboxylic acids is 2. The van der Waals surface area contributed by atoms with E-state index in [0.717, 1.165) is 0 Å². The van der Waals surface area contributed by atoms with Gasteiger partial charge >= 0.3 is 5.97 Å². The van der Waals surface area contributed by atoms with E-state index >= 15 is 0 Å². The Morgan fingerprint density at radius 3 is 2.40 bits per heavy atom. The summed E-state index contributed by atoms with van der Waals surface area (Å²) >= 11 is 3.79. The van der Waals surface area contributed by atoms with Crippen LogP contribution in [0.1, 0.15) is 13.8 Å². The largest absolute Gasteiger partial charge is 0.341 e. The van der Waals surface area contributed by atoms with Gasteiger partial charge in [-0.1, -0.05) is 0 Å². The molecule has 0 radical (unpaired) electrons. The van der Waals surface area contributed by atoms with Gasteiger partial charge in [0.05, 0.1) is 5.25 Å². The van der Waals surface area contributed by atoms with Gasteiger partial charge in [-0.15, -0.1) is 0 Å². The normalized spacial score (nSPS) is 11.9. The van der Waals surface area contributed by atoms with Crippen LogP contribution < -0.4 is 5.48 Å². The minimum Gasteiger partial charge on any atom is -0.341 e. The van der Waals surface area contributed by atoms with Gasteiger partial charge in [0.25, 0.3) is 5.91 Å². The first-order valence-corrected chi connectivity index (χ1v) is 3.21. The van der Waals surface area contributed by atoms with Gasteiger partial charge in [0.1, 0.15) is 0 Å². The van der Waals surface area contributed by atoms with Crippen molar-refractivity contribution in [1.29, 1.82) is 0 Å². The quantitative estimate of drug-likeness (QED) is 0.419. The molecule has 1 amide bonds. The van der Waals surface area contributed by atoms with E-state index in [9.17, 15) is 9.59 Å². The van der Waals surface area contributed by atoms with E-state index in [2.05, 4.69) is 17.5 Å². The molecule has 0 aromatic rings. The maximum atomic E-state index is 10.6. The molecule has 0 aliphatic heterocycles. The van der Waals surface area contributed by atoms with Crippen LogP contribution in [-0.2, 0) is 14.4 Å². The molecule has 10 heavy (non-hydrogen) atoms. The van der Waals surface area contributed by atoms with Crippen molar-refractivity contribution in [2.75, 3.05) is 0 Å². The number of hydrogen-bond acceptors (Lipinski definition) is 4. The van der Waals surface area contributed by atoms with Gasteiger partial charge in [-0.2, -0.15) is 18.1 Å². The highest BCUT2D eigenvalue weighted by molar-refractivity contribution is 7.81.